The normalized spacial score (nSPS) is 48.1. The Morgan fingerprint density at radius 1 is 0.971 bits per heavy atom. The van der Waals surface area contributed by atoms with Crippen molar-refractivity contribution in [3.05, 3.63) is 0 Å². The van der Waals surface area contributed by atoms with Gasteiger partial charge in [0, 0.05) is 11.8 Å². The standard InChI is InChI=1S/C26H49NO7/c1-6-18-11-10-17(9-8-12-27)24(32-18)33-22-15(3)13-16(4)23(21(22)29)34-25-20(28)19(7-2)26(5,30)14-31-25/h15-25,28-30H,6-14,27H2,1-5H3/t15-,16+,17+,18+,19+,20+,21-,22?,23?,24?,25?,26-/m0/s1. The van der Waals surface area contributed by atoms with Crippen molar-refractivity contribution in [3.8, 4) is 0 Å². The molecule has 1 aliphatic carbocycles. The van der Waals surface area contributed by atoms with E-state index in [0.29, 0.717) is 13.0 Å². The van der Waals surface area contributed by atoms with Crippen LogP contribution in [0.5, 0.6) is 0 Å². The molecule has 0 aromatic rings. The molecule has 0 aromatic carbocycles. The van der Waals surface area contributed by atoms with Gasteiger partial charge in [-0.15, -0.1) is 0 Å². The third-order valence-electron chi connectivity index (χ3n) is 8.40. The van der Waals surface area contributed by atoms with Crippen molar-refractivity contribution in [3.63, 3.8) is 0 Å². The summed E-state index contributed by atoms with van der Waals surface area (Å²) in [6, 6.07) is 0. The molecule has 4 unspecified atom stereocenters. The van der Waals surface area contributed by atoms with Gasteiger partial charge >= 0.3 is 0 Å². The third-order valence-corrected chi connectivity index (χ3v) is 8.40. The molecular weight excluding hydrogens is 438 g/mol. The van der Waals surface area contributed by atoms with Gasteiger partial charge in [0.15, 0.2) is 12.6 Å². The van der Waals surface area contributed by atoms with Crippen molar-refractivity contribution in [2.75, 3.05) is 13.2 Å². The highest BCUT2D eigenvalue weighted by atomic mass is 16.7. The third kappa shape index (κ3) is 6.32. The molecule has 1 saturated carbocycles. The molecule has 3 fully saturated rings. The van der Waals surface area contributed by atoms with Crippen LogP contribution in [0.2, 0.25) is 0 Å². The van der Waals surface area contributed by atoms with Crippen LogP contribution in [0.1, 0.15) is 79.6 Å². The lowest BCUT2D eigenvalue weighted by molar-refractivity contribution is -0.324. The number of aliphatic hydroxyl groups is 3. The summed E-state index contributed by atoms with van der Waals surface area (Å²) in [6.07, 6.45) is 2.38. The molecule has 200 valence electrons. The van der Waals surface area contributed by atoms with Gasteiger partial charge < -0.3 is 40.0 Å². The van der Waals surface area contributed by atoms with E-state index in [4.69, 9.17) is 24.7 Å². The van der Waals surface area contributed by atoms with Crippen LogP contribution in [0.25, 0.3) is 0 Å². The second kappa shape index (κ2) is 12.3. The molecule has 0 radical (unpaired) electrons. The van der Waals surface area contributed by atoms with Crippen molar-refractivity contribution in [2.45, 2.75) is 128 Å². The second-order valence-electron chi connectivity index (χ2n) is 11.2. The Balaban J connectivity index is 1.70. The van der Waals surface area contributed by atoms with E-state index < -0.39 is 36.3 Å². The number of ether oxygens (including phenoxy) is 4. The van der Waals surface area contributed by atoms with Gasteiger partial charge in [0.25, 0.3) is 0 Å². The van der Waals surface area contributed by atoms with Crippen LogP contribution in [-0.4, -0.2) is 77.2 Å². The highest BCUT2D eigenvalue weighted by molar-refractivity contribution is 4.95. The maximum atomic E-state index is 11.4. The largest absolute Gasteiger partial charge is 0.388 e. The van der Waals surface area contributed by atoms with Gasteiger partial charge in [-0.1, -0.05) is 27.7 Å². The first-order chi connectivity index (χ1) is 16.1. The van der Waals surface area contributed by atoms with Gasteiger partial charge in [-0.3, -0.25) is 0 Å². The molecule has 0 amide bonds. The maximum Gasteiger partial charge on any atom is 0.184 e. The van der Waals surface area contributed by atoms with E-state index in [9.17, 15) is 15.3 Å². The minimum atomic E-state index is -1.11. The summed E-state index contributed by atoms with van der Waals surface area (Å²) < 4.78 is 24.8. The fourth-order valence-corrected chi connectivity index (χ4v) is 6.28. The van der Waals surface area contributed by atoms with Crippen LogP contribution in [0.4, 0.5) is 0 Å². The van der Waals surface area contributed by atoms with Gasteiger partial charge in [-0.25, -0.2) is 0 Å². The summed E-state index contributed by atoms with van der Waals surface area (Å²) in [4.78, 5) is 0. The van der Waals surface area contributed by atoms with E-state index in [1.165, 1.54) is 0 Å². The summed E-state index contributed by atoms with van der Waals surface area (Å²) in [6.45, 7) is 10.6. The van der Waals surface area contributed by atoms with E-state index >= 15 is 0 Å². The molecule has 0 bridgehead atoms. The summed E-state index contributed by atoms with van der Waals surface area (Å²) in [5.74, 6) is 0.0949. The molecule has 5 N–H and O–H groups in total. The Kier molecular flexibility index (Phi) is 10.2. The monoisotopic (exact) mass is 487 g/mol. The topological polar surface area (TPSA) is 124 Å². The van der Waals surface area contributed by atoms with Crippen LogP contribution in [0, 0.1) is 23.7 Å². The Hall–Kier alpha value is -0.320. The highest BCUT2D eigenvalue weighted by Gasteiger charge is 2.50. The minimum absolute atomic E-state index is 0.0619. The van der Waals surface area contributed by atoms with Crippen molar-refractivity contribution < 1.29 is 34.3 Å². The number of hydrogen-bond donors (Lipinski definition) is 4. The smallest absolute Gasteiger partial charge is 0.184 e. The summed E-state index contributed by atoms with van der Waals surface area (Å²) in [5.41, 5.74) is 4.64. The number of rotatable bonds is 9. The van der Waals surface area contributed by atoms with Gasteiger partial charge in [0.05, 0.1) is 30.5 Å². The van der Waals surface area contributed by atoms with E-state index in [1.807, 2.05) is 6.92 Å². The van der Waals surface area contributed by atoms with Gasteiger partial charge in [-0.05, 0) is 70.3 Å². The van der Waals surface area contributed by atoms with Crippen molar-refractivity contribution >= 4 is 0 Å². The Morgan fingerprint density at radius 3 is 2.21 bits per heavy atom. The number of hydrogen-bond acceptors (Lipinski definition) is 8. The molecule has 3 aliphatic rings. The SMILES string of the molecule is CC[C@@H]1CC[C@@H](CCCN)C(OC2[C@H](O)C(OC3OC[C@](C)(O)[C@H](CC)[C@H]3O)[C@H](C)C[C@@H]2C)O1. The van der Waals surface area contributed by atoms with Crippen LogP contribution in [0.3, 0.4) is 0 Å². The fourth-order valence-electron chi connectivity index (χ4n) is 6.28. The van der Waals surface area contributed by atoms with E-state index in [1.54, 1.807) is 6.92 Å². The summed E-state index contributed by atoms with van der Waals surface area (Å²) in [5, 5.41) is 32.9. The lowest BCUT2D eigenvalue weighted by Crippen LogP contribution is -2.60. The molecular formula is C26H49NO7. The van der Waals surface area contributed by atoms with Crippen molar-refractivity contribution in [2.24, 2.45) is 29.4 Å². The molecule has 2 saturated heterocycles. The number of aliphatic hydroxyl groups excluding tert-OH is 2. The van der Waals surface area contributed by atoms with Gasteiger partial charge in [-0.2, -0.15) is 0 Å². The molecule has 2 aliphatic heterocycles. The van der Waals surface area contributed by atoms with Crippen LogP contribution < -0.4 is 5.73 Å². The maximum absolute atomic E-state index is 11.4. The van der Waals surface area contributed by atoms with Crippen LogP contribution >= 0.6 is 0 Å². The highest BCUT2D eigenvalue weighted by Crippen LogP contribution is 2.40. The van der Waals surface area contributed by atoms with Crippen LogP contribution in [0.15, 0.2) is 0 Å². The summed E-state index contributed by atoms with van der Waals surface area (Å²) in [7, 11) is 0. The Labute approximate surface area is 205 Å². The zero-order valence-corrected chi connectivity index (χ0v) is 21.8. The van der Waals surface area contributed by atoms with Gasteiger partial charge in [0.1, 0.15) is 12.2 Å². The summed E-state index contributed by atoms with van der Waals surface area (Å²) >= 11 is 0. The zero-order chi connectivity index (χ0) is 25.0. The first-order valence-corrected chi connectivity index (χ1v) is 13.5. The minimum Gasteiger partial charge on any atom is -0.388 e. The predicted octanol–water partition coefficient (Wildman–Crippen LogP) is 2.56. The average Bonchev–Trinajstić information content (AvgIpc) is 2.79. The van der Waals surface area contributed by atoms with Gasteiger partial charge in [0.2, 0.25) is 0 Å². The van der Waals surface area contributed by atoms with E-state index in [0.717, 1.165) is 38.5 Å². The Morgan fingerprint density at radius 2 is 1.62 bits per heavy atom. The van der Waals surface area contributed by atoms with Crippen molar-refractivity contribution in [1.82, 2.24) is 0 Å². The van der Waals surface area contributed by atoms with Crippen LogP contribution in [-0.2, 0) is 18.9 Å². The number of nitrogens with two attached hydrogens (primary N) is 1. The quantitative estimate of drug-likeness (QED) is 0.391. The molecule has 3 rings (SSSR count). The lowest BCUT2D eigenvalue weighted by atomic mass is 9.76. The molecule has 34 heavy (non-hydrogen) atoms. The fraction of sp³-hybridized carbons (Fsp3) is 1.00. The molecule has 2 heterocycles. The first-order valence-electron chi connectivity index (χ1n) is 13.5. The molecule has 8 nitrogen and oxygen atoms in total. The predicted molar refractivity (Wildman–Crippen MR) is 129 cm³/mol. The average molecular weight is 488 g/mol. The Bertz CT molecular complexity index is 620. The molecule has 0 spiro atoms. The van der Waals surface area contributed by atoms with E-state index in [2.05, 4.69) is 20.8 Å². The first kappa shape index (κ1) is 28.3. The second-order valence-corrected chi connectivity index (χ2v) is 11.2. The van der Waals surface area contributed by atoms with E-state index in [-0.39, 0.29) is 42.7 Å². The molecule has 0 aromatic heterocycles. The van der Waals surface area contributed by atoms with Crippen molar-refractivity contribution in [1.29, 1.82) is 0 Å². The molecule has 8 heteroatoms. The molecule has 12 atom stereocenters. The lowest BCUT2D eigenvalue weighted by Gasteiger charge is -2.49. The zero-order valence-electron chi connectivity index (χ0n) is 21.8.